The highest BCUT2D eigenvalue weighted by Crippen LogP contribution is 2.00. The van der Waals surface area contributed by atoms with Gasteiger partial charge in [0.25, 0.3) is 5.56 Å². The van der Waals surface area contributed by atoms with E-state index in [1.807, 2.05) is 6.26 Å². The van der Waals surface area contributed by atoms with E-state index in [-0.39, 0.29) is 5.56 Å². The molecule has 0 aliphatic rings. The Kier molecular flexibility index (Phi) is 5.25. The highest BCUT2D eigenvalue weighted by molar-refractivity contribution is 7.98. The van der Waals surface area contributed by atoms with Crippen LogP contribution in [-0.4, -0.2) is 28.3 Å². The van der Waals surface area contributed by atoms with Crippen molar-refractivity contribution in [2.75, 3.05) is 23.9 Å². The maximum Gasteiger partial charge on any atom is 0.268 e. The Labute approximate surface area is 94.1 Å². The molecule has 1 aromatic heterocycles. The van der Waals surface area contributed by atoms with Crippen LogP contribution < -0.4 is 10.9 Å². The third-order valence-corrected chi connectivity index (χ3v) is 2.55. The first kappa shape index (κ1) is 12.1. The summed E-state index contributed by atoms with van der Waals surface area (Å²) in [5.41, 5.74) is 0.771. The first-order chi connectivity index (χ1) is 7.27. The van der Waals surface area contributed by atoms with Gasteiger partial charge in [-0.25, -0.2) is 4.68 Å². The number of aryl methyl sites for hydroxylation is 1. The summed E-state index contributed by atoms with van der Waals surface area (Å²) in [5, 5.41) is 7.23. The van der Waals surface area contributed by atoms with Crippen molar-refractivity contribution in [1.29, 1.82) is 0 Å². The van der Waals surface area contributed by atoms with Crippen LogP contribution in [0.4, 0.5) is 5.69 Å². The van der Waals surface area contributed by atoms with E-state index in [0.29, 0.717) is 6.54 Å². The van der Waals surface area contributed by atoms with Crippen molar-refractivity contribution in [1.82, 2.24) is 9.78 Å². The molecule has 0 radical (unpaired) electrons. The lowest BCUT2D eigenvalue weighted by Gasteiger charge is -2.06. The van der Waals surface area contributed by atoms with Gasteiger partial charge in [-0.3, -0.25) is 4.79 Å². The predicted molar refractivity (Wildman–Crippen MR) is 65.7 cm³/mol. The summed E-state index contributed by atoms with van der Waals surface area (Å²) >= 11 is 1.71. The minimum atomic E-state index is -0.0369. The summed E-state index contributed by atoms with van der Waals surface area (Å²) < 4.78 is 1.49. The number of hydrogen-bond acceptors (Lipinski definition) is 4. The average molecular weight is 227 g/mol. The Morgan fingerprint density at radius 3 is 3.00 bits per heavy atom. The fourth-order valence-electron chi connectivity index (χ4n) is 1.15. The highest BCUT2D eigenvalue weighted by atomic mass is 32.2. The molecule has 0 saturated heterocycles. The molecule has 0 amide bonds. The molecule has 1 aromatic rings. The summed E-state index contributed by atoms with van der Waals surface area (Å²) in [7, 11) is 0. The molecule has 15 heavy (non-hydrogen) atoms. The van der Waals surface area contributed by atoms with Gasteiger partial charge in [-0.05, 0) is 12.7 Å². The second kappa shape index (κ2) is 6.50. The molecular formula is C10H17N3OS. The summed E-state index contributed by atoms with van der Waals surface area (Å²) in [6.07, 6.45) is 4.76. The van der Waals surface area contributed by atoms with Gasteiger partial charge in [0.2, 0.25) is 0 Å². The smallest absolute Gasteiger partial charge is 0.268 e. The van der Waals surface area contributed by atoms with Crippen molar-refractivity contribution in [3.63, 3.8) is 0 Å². The van der Waals surface area contributed by atoms with Crippen molar-refractivity contribution < 1.29 is 0 Å². The lowest BCUT2D eigenvalue weighted by Crippen LogP contribution is -2.23. The maximum absolute atomic E-state index is 11.6. The van der Waals surface area contributed by atoms with E-state index in [1.165, 1.54) is 4.68 Å². The Morgan fingerprint density at radius 2 is 2.40 bits per heavy atom. The van der Waals surface area contributed by atoms with E-state index >= 15 is 0 Å². The fourth-order valence-corrected chi connectivity index (χ4v) is 1.50. The lowest BCUT2D eigenvalue weighted by molar-refractivity contribution is 0.622. The molecule has 1 rings (SSSR count). The SMILES string of the molecule is CCCNc1cnn(CCSC)c(=O)c1. The third kappa shape index (κ3) is 3.95. The van der Waals surface area contributed by atoms with E-state index in [2.05, 4.69) is 17.3 Å². The van der Waals surface area contributed by atoms with Gasteiger partial charge in [-0.15, -0.1) is 0 Å². The van der Waals surface area contributed by atoms with E-state index in [1.54, 1.807) is 24.0 Å². The molecule has 0 aliphatic heterocycles. The van der Waals surface area contributed by atoms with Crippen LogP contribution in [0.15, 0.2) is 17.1 Å². The van der Waals surface area contributed by atoms with Gasteiger partial charge in [0.05, 0.1) is 18.4 Å². The largest absolute Gasteiger partial charge is 0.384 e. The predicted octanol–water partition coefficient (Wildman–Crippen LogP) is 1.43. The van der Waals surface area contributed by atoms with Gasteiger partial charge < -0.3 is 5.32 Å². The Morgan fingerprint density at radius 1 is 1.60 bits per heavy atom. The molecule has 0 fully saturated rings. The van der Waals surface area contributed by atoms with E-state index in [9.17, 15) is 4.79 Å². The van der Waals surface area contributed by atoms with Crippen molar-refractivity contribution in [2.45, 2.75) is 19.9 Å². The molecule has 0 aromatic carbocycles. The number of rotatable bonds is 6. The van der Waals surface area contributed by atoms with Crippen LogP contribution in [-0.2, 0) is 6.54 Å². The van der Waals surface area contributed by atoms with Crippen LogP contribution in [0.1, 0.15) is 13.3 Å². The first-order valence-corrected chi connectivity index (χ1v) is 6.47. The van der Waals surface area contributed by atoms with Gasteiger partial charge in [0.15, 0.2) is 0 Å². The number of anilines is 1. The molecular weight excluding hydrogens is 210 g/mol. The summed E-state index contributed by atoms with van der Waals surface area (Å²) in [4.78, 5) is 11.6. The number of aromatic nitrogens is 2. The highest BCUT2D eigenvalue weighted by Gasteiger charge is 1.98. The molecule has 0 saturated carbocycles. The molecule has 0 spiro atoms. The van der Waals surface area contributed by atoms with Crippen LogP contribution in [0.2, 0.25) is 0 Å². The van der Waals surface area contributed by atoms with Gasteiger partial charge in [-0.1, -0.05) is 6.92 Å². The Hall–Kier alpha value is -0.970. The zero-order valence-corrected chi connectivity index (χ0v) is 10.0. The minimum Gasteiger partial charge on any atom is -0.384 e. The molecule has 0 unspecified atom stereocenters. The maximum atomic E-state index is 11.6. The zero-order valence-electron chi connectivity index (χ0n) is 9.19. The molecule has 0 bridgehead atoms. The number of nitrogens with zero attached hydrogens (tertiary/aromatic N) is 2. The Balaban J connectivity index is 2.66. The summed E-state index contributed by atoms with van der Waals surface area (Å²) in [6.45, 7) is 3.63. The monoisotopic (exact) mass is 227 g/mol. The molecule has 0 atom stereocenters. The Bertz CT molecular complexity index is 351. The van der Waals surface area contributed by atoms with E-state index in [0.717, 1.165) is 24.4 Å². The standard InChI is InChI=1S/C10H17N3OS/c1-3-4-11-9-7-10(14)13(12-8-9)5-6-15-2/h7-8,11H,3-6H2,1-2H3. The van der Waals surface area contributed by atoms with E-state index in [4.69, 9.17) is 0 Å². The third-order valence-electron chi connectivity index (χ3n) is 1.96. The molecule has 4 nitrogen and oxygen atoms in total. The summed E-state index contributed by atoms with van der Waals surface area (Å²) in [5.74, 6) is 0.911. The van der Waals surface area contributed by atoms with Crippen molar-refractivity contribution >= 4 is 17.4 Å². The molecule has 84 valence electrons. The normalized spacial score (nSPS) is 10.3. The van der Waals surface area contributed by atoms with Gasteiger partial charge in [-0.2, -0.15) is 16.9 Å². The number of hydrogen-bond donors (Lipinski definition) is 1. The van der Waals surface area contributed by atoms with Gasteiger partial charge in [0.1, 0.15) is 0 Å². The first-order valence-electron chi connectivity index (χ1n) is 5.08. The quantitative estimate of drug-likeness (QED) is 0.798. The lowest BCUT2D eigenvalue weighted by atomic mass is 10.4. The topological polar surface area (TPSA) is 46.9 Å². The summed E-state index contributed by atoms with van der Waals surface area (Å²) in [6, 6.07) is 1.60. The molecule has 1 N–H and O–H groups in total. The van der Waals surface area contributed by atoms with Crippen molar-refractivity contribution in [3.05, 3.63) is 22.6 Å². The molecule has 5 heteroatoms. The minimum absolute atomic E-state index is 0.0369. The number of nitrogens with one attached hydrogen (secondary N) is 1. The van der Waals surface area contributed by atoms with Crippen LogP contribution in [0.25, 0.3) is 0 Å². The zero-order chi connectivity index (χ0) is 11.1. The number of thioether (sulfide) groups is 1. The fraction of sp³-hybridized carbons (Fsp3) is 0.600. The molecule has 1 heterocycles. The molecule has 0 aliphatic carbocycles. The van der Waals surface area contributed by atoms with Crippen LogP contribution >= 0.6 is 11.8 Å². The van der Waals surface area contributed by atoms with Crippen LogP contribution in [0.3, 0.4) is 0 Å². The van der Waals surface area contributed by atoms with Crippen molar-refractivity contribution in [2.24, 2.45) is 0 Å². The van der Waals surface area contributed by atoms with Gasteiger partial charge in [0, 0.05) is 18.4 Å². The second-order valence-electron chi connectivity index (χ2n) is 3.23. The van der Waals surface area contributed by atoms with Crippen molar-refractivity contribution in [3.8, 4) is 0 Å². The second-order valence-corrected chi connectivity index (χ2v) is 4.21. The van der Waals surface area contributed by atoms with Crippen LogP contribution in [0, 0.1) is 0 Å². The van der Waals surface area contributed by atoms with E-state index < -0.39 is 0 Å². The van der Waals surface area contributed by atoms with Crippen LogP contribution in [0.5, 0.6) is 0 Å². The van der Waals surface area contributed by atoms with Gasteiger partial charge >= 0.3 is 0 Å². The average Bonchev–Trinajstić information content (AvgIpc) is 2.25.